The van der Waals surface area contributed by atoms with E-state index in [9.17, 15) is 14.4 Å². The minimum Gasteiger partial charge on any atom is -0.493 e. The molecule has 2 aromatic carbocycles. The smallest absolute Gasteiger partial charge is 0.294 e. The van der Waals surface area contributed by atoms with E-state index < -0.39 is 17.1 Å². The molecule has 0 aromatic heterocycles. The summed E-state index contributed by atoms with van der Waals surface area (Å²) in [4.78, 5) is 39.0. The summed E-state index contributed by atoms with van der Waals surface area (Å²) in [5.74, 6) is 0.592. The summed E-state index contributed by atoms with van der Waals surface area (Å²) < 4.78 is 11.2. The third kappa shape index (κ3) is 5.96. The van der Waals surface area contributed by atoms with Crippen LogP contribution in [0, 0.1) is 19.8 Å². The van der Waals surface area contributed by atoms with Crippen LogP contribution < -0.4 is 14.8 Å². The number of aryl methyl sites for hydroxylation is 2. The molecule has 8 heteroatoms. The lowest BCUT2D eigenvalue weighted by molar-refractivity contribution is -0.127. The van der Waals surface area contributed by atoms with Gasteiger partial charge in [0.1, 0.15) is 6.54 Å². The number of methoxy groups -OCH3 is 1. The fourth-order valence-corrected chi connectivity index (χ4v) is 4.11. The highest BCUT2D eigenvalue weighted by atomic mass is 32.2. The second kappa shape index (κ2) is 10.6. The average molecular weight is 469 g/mol. The number of hydrogen-bond acceptors (Lipinski definition) is 6. The number of imide groups is 1. The number of nitrogens with one attached hydrogen (secondary N) is 1. The molecule has 0 atom stereocenters. The summed E-state index contributed by atoms with van der Waals surface area (Å²) in [7, 11) is 1.55. The lowest BCUT2D eigenvalue weighted by atomic mass is 10.1. The van der Waals surface area contributed by atoms with Crippen molar-refractivity contribution in [1.29, 1.82) is 0 Å². The van der Waals surface area contributed by atoms with Gasteiger partial charge < -0.3 is 14.8 Å². The van der Waals surface area contributed by atoms with Gasteiger partial charge in [-0.25, -0.2) is 0 Å². The van der Waals surface area contributed by atoms with Crippen LogP contribution >= 0.6 is 11.8 Å². The van der Waals surface area contributed by atoms with Gasteiger partial charge in [-0.05, 0) is 66.4 Å². The monoisotopic (exact) mass is 468 g/mol. The van der Waals surface area contributed by atoms with Crippen molar-refractivity contribution in [3.63, 3.8) is 0 Å². The van der Waals surface area contributed by atoms with Crippen LogP contribution in [-0.4, -0.2) is 42.2 Å². The number of amides is 3. The molecule has 0 bridgehead atoms. The molecule has 1 heterocycles. The zero-order valence-corrected chi connectivity index (χ0v) is 20.2. The molecule has 0 aliphatic carbocycles. The molecular formula is C25H28N2O5S. The Hall–Kier alpha value is -3.26. The van der Waals surface area contributed by atoms with E-state index in [1.807, 2.05) is 32.0 Å². The van der Waals surface area contributed by atoms with E-state index in [-0.39, 0.29) is 11.4 Å². The van der Waals surface area contributed by atoms with E-state index in [4.69, 9.17) is 9.47 Å². The van der Waals surface area contributed by atoms with Gasteiger partial charge in [-0.2, -0.15) is 0 Å². The van der Waals surface area contributed by atoms with Gasteiger partial charge >= 0.3 is 0 Å². The van der Waals surface area contributed by atoms with Gasteiger partial charge in [0.05, 0.1) is 18.6 Å². The Morgan fingerprint density at radius 1 is 1.12 bits per heavy atom. The fourth-order valence-electron chi connectivity index (χ4n) is 3.27. The first kappa shape index (κ1) is 24.4. The Labute approximate surface area is 198 Å². The van der Waals surface area contributed by atoms with Crippen LogP contribution in [0.5, 0.6) is 11.5 Å². The third-order valence-electron chi connectivity index (χ3n) is 4.98. The van der Waals surface area contributed by atoms with Gasteiger partial charge in [0, 0.05) is 5.69 Å². The van der Waals surface area contributed by atoms with E-state index in [0.717, 1.165) is 27.8 Å². The quantitative estimate of drug-likeness (QED) is 0.548. The van der Waals surface area contributed by atoms with Crippen molar-refractivity contribution in [2.45, 2.75) is 27.7 Å². The lowest BCUT2D eigenvalue weighted by Gasteiger charge is -2.15. The summed E-state index contributed by atoms with van der Waals surface area (Å²) >= 11 is 0.810. The molecule has 0 radical (unpaired) electrons. The van der Waals surface area contributed by atoms with Crippen molar-refractivity contribution in [3.05, 3.63) is 58.0 Å². The van der Waals surface area contributed by atoms with Crippen LogP contribution in [-0.2, 0) is 9.59 Å². The normalized spacial score (nSPS) is 14.8. The molecule has 0 unspecified atom stereocenters. The maximum absolute atomic E-state index is 12.8. The highest BCUT2D eigenvalue weighted by Gasteiger charge is 2.36. The first-order valence-corrected chi connectivity index (χ1v) is 11.4. The Balaban J connectivity index is 1.72. The molecule has 2 aromatic rings. The van der Waals surface area contributed by atoms with Gasteiger partial charge in [-0.1, -0.05) is 38.1 Å². The van der Waals surface area contributed by atoms with Crippen molar-refractivity contribution in [2.75, 3.05) is 25.6 Å². The molecule has 3 amide bonds. The van der Waals surface area contributed by atoms with Crippen LogP contribution in [0.15, 0.2) is 41.3 Å². The largest absolute Gasteiger partial charge is 0.493 e. The van der Waals surface area contributed by atoms with Crippen molar-refractivity contribution < 1.29 is 23.9 Å². The molecule has 33 heavy (non-hydrogen) atoms. The summed E-state index contributed by atoms with van der Waals surface area (Å²) in [6.07, 6.45) is 1.61. The predicted molar refractivity (Wildman–Crippen MR) is 131 cm³/mol. The summed E-state index contributed by atoms with van der Waals surface area (Å²) in [5.41, 5.74) is 3.20. The molecule has 1 aliphatic rings. The van der Waals surface area contributed by atoms with Gasteiger partial charge in [0.25, 0.3) is 11.1 Å². The number of rotatable bonds is 8. The SMILES string of the molecule is COc1cc(/C=C2\SC(=O)N(CC(=O)Nc3c(C)cccc3C)C2=O)ccc1OCC(C)C. The number of carbonyl (C=O) groups excluding carboxylic acids is 3. The second-order valence-corrected chi connectivity index (χ2v) is 9.19. The van der Waals surface area contributed by atoms with E-state index in [2.05, 4.69) is 19.2 Å². The molecule has 3 rings (SSSR count). The highest BCUT2D eigenvalue weighted by molar-refractivity contribution is 8.18. The number of benzene rings is 2. The molecule has 1 aliphatic heterocycles. The van der Waals surface area contributed by atoms with Crippen LogP contribution in [0.3, 0.4) is 0 Å². The van der Waals surface area contributed by atoms with Gasteiger partial charge in [0.15, 0.2) is 11.5 Å². The molecule has 0 saturated carbocycles. The summed E-state index contributed by atoms with van der Waals surface area (Å²) in [6, 6.07) is 11.0. The standard InChI is InChI=1S/C25H28N2O5S/c1-15(2)14-32-19-10-9-18(11-20(19)31-5)12-21-24(29)27(25(30)33-21)13-22(28)26-23-16(3)7-6-8-17(23)4/h6-12,15H,13-14H2,1-5H3,(H,26,28)/b21-12-. The van der Waals surface area contributed by atoms with E-state index in [1.54, 1.807) is 31.4 Å². The molecule has 0 spiro atoms. The second-order valence-electron chi connectivity index (χ2n) is 8.20. The number of hydrogen-bond donors (Lipinski definition) is 1. The van der Waals surface area contributed by atoms with E-state index in [0.29, 0.717) is 35.3 Å². The van der Waals surface area contributed by atoms with Gasteiger partial charge in [-0.3, -0.25) is 19.3 Å². The molecule has 7 nitrogen and oxygen atoms in total. The number of para-hydroxylation sites is 1. The number of anilines is 1. The maximum Gasteiger partial charge on any atom is 0.294 e. The zero-order valence-electron chi connectivity index (χ0n) is 19.4. The average Bonchev–Trinajstić information content (AvgIpc) is 3.02. The molecule has 1 fully saturated rings. The number of thioether (sulfide) groups is 1. The third-order valence-corrected chi connectivity index (χ3v) is 5.89. The van der Waals surface area contributed by atoms with Crippen LogP contribution in [0.1, 0.15) is 30.5 Å². The topological polar surface area (TPSA) is 84.9 Å². The Bertz CT molecular complexity index is 1090. The van der Waals surface area contributed by atoms with Crippen LogP contribution in [0.2, 0.25) is 0 Å². The Morgan fingerprint density at radius 3 is 2.45 bits per heavy atom. The van der Waals surface area contributed by atoms with Crippen molar-refractivity contribution in [1.82, 2.24) is 4.90 Å². The first-order chi connectivity index (χ1) is 15.7. The molecule has 1 N–H and O–H groups in total. The van der Waals surface area contributed by atoms with Crippen molar-refractivity contribution in [2.24, 2.45) is 5.92 Å². The Kier molecular flexibility index (Phi) is 7.81. The fraction of sp³-hybridized carbons (Fsp3) is 0.320. The predicted octanol–water partition coefficient (Wildman–Crippen LogP) is 5.02. The summed E-state index contributed by atoms with van der Waals surface area (Å²) in [5, 5.41) is 2.33. The van der Waals surface area contributed by atoms with Gasteiger partial charge in [0.2, 0.25) is 5.91 Å². The van der Waals surface area contributed by atoms with Crippen LogP contribution in [0.4, 0.5) is 10.5 Å². The van der Waals surface area contributed by atoms with E-state index in [1.165, 1.54) is 0 Å². The van der Waals surface area contributed by atoms with Crippen molar-refractivity contribution >= 4 is 40.6 Å². The zero-order chi connectivity index (χ0) is 24.1. The lowest BCUT2D eigenvalue weighted by Crippen LogP contribution is -2.36. The van der Waals surface area contributed by atoms with Gasteiger partial charge in [-0.15, -0.1) is 0 Å². The molecule has 174 valence electrons. The summed E-state index contributed by atoms with van der Waals surface area (Å²) in [6.45, 7) is 8.09. The molecular weight excluding hydrogens is 440 g/mol. The van der Waals surface area contributed by atoms with E-state index >= 15 is 0 Å². The number of carbonyl (C=O) groups is 3. The Morgan fingerprint density at radius 2 is 1.82 bits per heavy atom. The maximum atomic E-state index is 12.8. The van der Waals surface area contributed by atoms with Crippen LogP contribution in [0.25, 0.3) is 6.08 Å². The molecule has 1 saturated heterocycles. The number of ether oxygens (including phenoxy) is 2. The minimum atomic E-state index is -0.499. The number of nitrogens with zero attached hydrogens (tertiary/aromatic N) is 1. The van der Waals surface area contributed by atoms with Crippen molar-refractivity contribution in [3.8, 4) is 11.5 Å². The first-order valence-electron chi connectivity index (χ1n) is 10.6. The highest BCUT2D eigenvalue weighted by Crippen LogP contribution is 2.34. The minimum absolute atomic E-state index is 0.248.